The first-order chi connectivity index (χ1) is 14.1. The Bertz CT molecular complexity index is 955. The number of benzene rings is 2. The van der Waals surface area contributed by atoms with Crippen molar-refractivity contribution in [1.29, 1.82) is 0 Å². The molecule has 0 radical (unpaired) electrons. The normalized spacial score (nSPS) is 15.4. The van der Waals surface area contributed by atoms with Crippen LogP contribution in [0, 0.1) is 19.8 Å². The molecule has 0 bridgehead atoms. The van der Waals surface area contributed by atoms with Crippen molar-refractivity contribution in [3.8, 4) is 11.4 Å². The number of amides is 1. The van der Waals surface area contributed by atoms with E-state index in [0.717, 1.165) is 48.3 Å². The first kappa shape index (κ1) is 19.3. The van der Waals surface area contributed by atoms with Gasteiger partial charge in [0.2, 0.25) is 17.6 Å². The van der Waals surface area contributed by atoms with E-state index in [1.165, 1.54) is 0 Å². The molecule has 0 unspecified atom stereocenters. The number of rotatable bonds is 5. The molecular weight excluding hydrogens is 364 g/mol. The van der Waals surface area contributed by atoms with Crippen LogP contribution < -0.4 is 5.32 Å². The molecule has 29 heavy (non-hydrogen) atoms. The van der Waals surface area contributed by atoms with E-state index in [2.05, 4.69) is 20.4 Å². The molecule has 1 saturated heterocycles. The number of aryl methyl sites for hydroxylation is 2. The zero-order chi connectivity index (χ0) is 20.2. The molecule has 1 aromatic heterocycles. The summed E-state index contributed by atoms with van der Waals surface area (Å²) in [7, 11) is 0. The molecule has 1 fully saturated rings. The van der Waals surface area contributed by atoms with Gasteiger partial charge in [0.15, 0.2) is 0 Å². The van der Waals surface area contributed by atoms with Crippen molar-refractivity contribution in [3.63, 3.8) is 0 Å². The maximum absolute atomic E-state index is 12.7. The molecule has 1 amide bonds. The molecule has 1 N–H and O–H groups in total. The zero-order valence-electron chi connectivity index (χ0n) is 16.9. The lowest BCUT2D eigenvalue weighted by Crippen LogP contribution is -2.38. The highest BCUT2D eigenvalue weighted by Gasteiger charge is 2.26. The van der Waals surface area contributed by atoms with Crippen LogP contribution in [0.25, 0.3) is 11.4 Å². The quantitative estimate of drug-likeness (QED) is 0.707. The summed E-state index contributed by atoms with van der Waals surface area (Å²) in [6.45, 7) is 6.35. The Hall–Kier alpha value is -2.99. The number of anilines is 1. The van der Waals surface area contributed by atoms with Gasteiger partial charge in [-0.2, -0.15) is 4.98 Å². The second-order valence-corrected chi connectivity index (χ2v) is 7.68. The Morgan fingerprint density at radius 2 is 1.76 bits per heavy atom. The van der Waals surface area contributed by atoms with Gasteiger partial charge in [-0.05, 0) is 50.9 Å². The summed E-state index contributed by atoms with van der Waals surface area (Å²) >= 11 is 0. The third-order valence-electron chi connectivity index (χ3n) is 5.55. The molecule has 150 valence electrons. The Labute approximate surface area is 170 Å². The minimum atomic E-state index is 0.0350. The van der Waals surface area contributed by atoms with E-state index >= 15 is 0 Å². The highest BCUT2D eigenvalue weighted by atomic mass is 16.5. The number of carbonyl (C=O) groups excluding carboxylic acids is 1. The molecule has 3 aromatic rings. The summed E-state index contributed by atoms with van der Waals surface area (Å²) in [4.78, 5) is 19.5. The second kappa shape index (κ2) is 8.57. The van der Waals surface area contributed by atoms with Crippen LogP contribution in [-0.2, 0) is 11.3 Å². The van der Waals surface area contributed by atoms with E-state index < -0.39 is 0 Å². The molecular formula is C23H26N4O2. The van der Waals surface area contributed by atoms with E-state index in [0.29, 0.717) is 18.3 Å². The van der Waals surface area contributed by atoms with Gasteiger partial charge in [-0.1, -0.05) is 53.7 Å². The van der Waals surface area contributed by atoms with Gasteiger partial charge < -0.3 is 9.84 Å². The Kier molecular flexibility index (Phi) is 5.71. The third-order valence-corrected chi connectivity index (χ3v) is 5.55. The summed E-state index contributed by atoms with van der Waals surface area (Å²) < 4.78 is 5.42. The van der Waals surface area contributed by atoms with Crippen LogP contribution in [0.5, 0.6) is 0 Å². The average Bonchev–Trinajstić information content (AvgIpc) is 3.20. The molecule has 0 saturated carbocycles. The number of piperidine rings is 1. The highest BCUT2D eigenvalue weighted by Crippen LogP contribution is 2.24. The lowest BCUT2D eigenvalue weighted by Gasteiger charge is -2.30. The van der Waals surface area contributed by atoms with Crippen molar-refractivity contribution in [3.05, 3.63) is 65.5 Å². The monoisotopic (exact) mass is 390 g/mol. The fraction of sp³-hybridized carbons (Fsp3) is 0.348. The molecule has 1 aliphatic heterocycles. The van der Waals surface area contributed by atoms with Gasteiger partial charge in [-0.15, -0.1) is 0 Å². The molecule has 0 atom stereocenters. The van der Waals surface area contributed by atoms with Crippen LogP contribution in [0.4, 0.5) is 5.69 Å². The minimum Gasteiger partial charge on any atom is -0.338 e. The maximum atomic E-state index is 12.7. The number of nitrogens with one attached hydrogen (secondary N) is 1. The Balaban J connectivity index is 1.31. The summed E-state index contributed by atoms with van der Waals surface area (Å²) in [5, 5.41) is 7.22. The average molecular weight is 390 g/mol. The molecule has 6 heteroatoms. The predicted octanol–water partition coefficient (Wildman–Crippen LogP) is 4.20. The van der Waals surface area contributed by atoms with E-state index in [1.54, 1.807) is 0 Å². The third kappa shape index (κ3) is 4.54. The predicted molar refractivity (Wildman–Crippen MR) is 112 cm³/mol. The standard InChI is InChI=1S/C23H26N4O2/c1-16-7-6-8-17(2)21(16)25-23(28)19-11-13-27(14-12-19)15-20-24-22(26-29-20)18-9-4-3-5-10-18/h3-10,19H,11-15H2,1-2H3,(H,25,28). The van der Waals surface area contributed by atoms with E-state index in [4.69, 9.17) is 4.52 Å². The van der Waals surface area contributed by atoms with Crippen molar-refractivity contribution < 1.29 is 9.32 Å². The SMILES string of the molecule is Cc1cccc(C)c1NC(=O)C1CCN(Cc2nc(-c3ccccc3)no2)CC1. The van der Waals surface area contributed by atoms with E-state index in [1.807, 2.05) is 62.4 Å². The van der Waals surface area contributed by atoms with E-state index in [9.17, 15) is 4.79 Å². The number of nitrogens with zero attached hydrogens (tertiary/aromatic N) is 3. The van der Waals surface area contributed by atoms with E-state index in [-0.39, 0.29) is 11.8 Å². The lowest BCUT2D eigenvalue weighted by atomic mass is 9.95. The summed E-state index contributed by atoms with van der Waals surface area (Å²) in [6.07, 6.45) is 1.66. The van der Waals surface area contributed by atoms with Gasteiger partial charge in [-0.3, -0.25) is 9.69 Å². The summed E-state index contributed by atoms with van der Waals surface area (Å²) in [5.74, 6) is 1.38. The van der Waals surface area contributed by atoms with Crippen molar-refractivity contribution in [1.82, 2.24) is 15.0 Å². The van der Waals surface area contributed by atoms with Crippen molar-refractivity contribution >= 4 is 11.6 Å². The van der Waals surface area contributed by atoms with Crippen LogP contribution in [0.1, 0.15) is 29.9 Å². The van der Waals surface area contributed by atoms with Crippen LogP contribution in [0.15, 0.2) is 53.1 Å². The fourth-order valence-electron chi connectivity index (χ4n) is 3.81. The molecule has 2 aromatic carbocycles. The van der Waals surface area contributed by atoms with Gasteiger partial charge in [0, 0.05) is 17.2 Å². The topological polar surface area (TPSA) is 71.3 Å². The molecule has 2 heterocycles. The van der Waals surface area contributed by atoms with Crippen molar-refractivity contribution in [2.24, 2.45) is 5.92 Å². The van der Waals surface area contributed by atoms with Gasteiger partial charge in [0.05, 0.1) is 6.54 Å². The Morgan fingerprint density at radius 3 is 2.45 bits per heavy atom. The largest absolute Gasteiger partial charge is 0.338 e. The highest BCUT2D eigenvalue weighted by molar-refractivity contribution is 5.94. The number of hydrogen-bond donors (Lipinski definition) is 1. The molecule has 4 rings (SSSR count). The van der Waals surface area contributed by atoms with Crippen molar-refractivity contribution in [2.45, 2.75) is 33.2 Å². The first-order valence-corrected chi connectivity index (χ1v) is 10.1. The van der Waals surface area contributed by atoms with Gasteiger partial charge >= 0.3 is 0 Å². The minimum absolute atomic E-state index is 0.0350. The first-order valence-electron chi connectivity index (χ1n) is 10.1. The zero-order valence-corrected chi connectivity index (χ0v) is 16.9. The fourth-order valence-corrected chi connectivity index (χ4v) is 3.81. The van der Waals surface area contributed by atoms with Crippen LogP contribution in [0.3, 0.4) is 0 Å². The summed E-state index contributed by atoms with van der Waals surface area (Å²) in [5.41, 5.74) is 4.09. The number of carbonyl (C=O) groups is 1. The molecule has 0 aliphatic carbocycles. The number of hydrogen-bond acceptors (Lipinski definition) is 5. The number of likely N-dealkylation sites (tertiary alicyclic amines) is 1. The number of aromatic nitrogens is 2. The maximum Gasteiger partial charge on any atom is 0.241 e. The Morgan fingerprint density at radius 1 is 1.07 bits per heavy atom. The summed E-state index contributed by atoms with van der Waals surface area (Å²) in [6, 6.07) is 15.9. The van der Waals surface area contributed by atoms with Crippen molar-refractivity contribution in [2.75, 3.05) is 18.4 Å². The van der Waals surface area contributed by atoms with Crippen LogP contribution in [0.2, 0.25) is 0 Å². The van der Waals surface area contributed by atoms with Crippen LogP contribution >= 0.6 is 0 Å². The lowest BCUT2D eigenvalue weighted by molar-refractivity contribution is -0.121. The molecule has 0 spiro atoms. The van der Waals surface area contributed by atoms with Gasteiger partial charge in [0.25, 0.3) is 0 Å². The van der Waals surface area contributed by atoms with Gasteiger partial charge in [0.1, 0.15) is 0 Å². The van der Waals surface area contributed by atoms with Gasteiger partial charge in [-0.25, -0.2) is 0 Å². The molecule has 1 aliphatic rings. The second-order valence-electron chi connectivity index (χ2n) is 7.68. The smallest absolute Gasteiger partial charge is 0.241 e. The number of para-hydroxylation sites is 1. The molecule has 6 nitrogen and oxygen atoms in total. The van der Waals surface area contributed by atoms with Crippen LogP contribution in [-0.4, -0.2) is 34.0 Å².